The first-order valence-electron chi connectivity index (χ1n) is 7.08. The lowest BCUT2D eigenvalue weighted by atomic mass is 10.2. The fourth-order valence-electron chi connectivity index (χ4n) is 2.32. The molecule has 2 aromatic rings. The summed E-state index contributed by atoms with van der Waals surface area (Å²) in [6, 6.07) is 9.98. The smallest absolute Gasteiger partial charge is 0.358 e. The fraction of sp³-hybridized carbons (Fsp3) is 0.400. The van der Waals surface area contributed by atoms with Gasteiger partial charge in [0.05, 0.1) is 0 Å². The molecule has 0 aliphatic carbocycles. The highest BCUT2D eigenvalue weighted by Gasteiger charge is 2.25. The van der Waals surface area contributed by atoms with Gasteiger partial charge in [-0.05, 0) is 21.9 Å². The first-order valence-corrected chi connectivity index (χ1v) is 7.08. The lowest BCUT2D eigenvalue weighted by Crippen LogP contribution is -2.26. The third-order valence-electron chi connectivity index (χ3n) is 3.36. The first-order chi connectivity index (χ1) is 10.1. The zero-order chi connectivity index (χ0) is 15.2. The fourth-order valence-corrected chi connectivity index (χ4v) is 2.32. The average Bonchev–Trinajstić information content (AvgIpc) is 2.86. The molecule has 0 atom stereocenters. The molecule has 21 heavy (non-hydrogen) atoms. The van der Waals surface area contributed by atoms with Crippen LogP contribution < -0.4 is 4.90 Å². The van der Waals surface area contributed by atoms with E-state index < -0.39 is 4.92 Å². The summed E-state index contributed by atoms with van der Waals surface area (Å²) in [5.74, 6) is 0.488. The van der Waals surface area contributed by atoms with Crippen molar-refractivity contribution in [3.8, 4) is 0 Å². The van der Waals surface area contributed by atoms with Crippen molar-refractivity contribution in [2.24, 2.45) is 7.05 Å². The Morgan fingerprint density at radius 1 is 1.33 bits per heavy atom. The van der Waals surface area contributed by atoms with Crippen LogP contribution in [0, 0.1) is 10.1 Å². The molecule has 0 aliphatic rings. The molecule has 1 aromatic carbocycles. The largest absolute Gasteiger partial charge is 0.406 e. The summed E-state index contributed by atoms with van der Waals surface area (Å²) in [6.45, 7) is 3.52. The van der Waals surface area contributed by atoms with Crippen LogP contribution in [0.25, 0.3) is 0 Å². The second-order valence-electron chi connectivity index (χ2n) is 5.02. The Morgan fingerprint density at radius 2 is 2.05 bits per heavy atom. The van der Waals surface area contributed by atoms with E-state index in [0.29, 0.717) is 12.4 Å². The molecule has 0 spiro atoms. The number of nitrogens with zero attached hydrogens (tertiary/aromatic N) is 4. The minimum absolute atomic E-state index is 0.0791. The van der Waals surface area contributed by atoms with Gasteiger partial charge >= 0.3 is 5.82 Å². The van der Waals surface area contributed by atoms with Crippen LogP contribution in [-0.2, 0) is 13.6 Å². The number of nitro groups is 1. The third kappa shape index (κ3) is 3.59. The zero-order valence-electron chi connectivity index (χ0n) is 12.4. The topological polar surface area (TPSA) is 64.2 Å². The van der Waals surface area contributed by atoms with Crippen LogP contribution in [0.4, 0.5) is 11.6 Å². The van der Waals surface area contributed by atoms with Crippen molar-refractivity contribution < 1.29 is 4.92 Å². The molecule has 0 bridgehead atoms. The van der Waals surface area contributed by atoms with E-state index in [1.165, 1.54) is 6.33 Å². The average molecular weight is 288 g/mol. The van der Waals surface area contributed by atoms with E-state index in [2.05, 4.69) is 11.9 Å². The standard InChI is InChI=1S/C15H20N4O2/c1-3-4-10-18(11-13-8-6-5-7-9-13)15-14(19(20)21)16-12-17(15)2/h5-9,12H,3-4,10-11H2,1-2H3. The van der Waals surface area contributed by atoms with Gasteiger partial charge in [-0.15, -0.1) is 0 Å². The number of aryl methyl sites for hydroxylation is 1. The van der Waals surface area contributed by atoms with Crippen LogP contribution in [0.1, 0.15) is 25.3 Å². The number of anilines is 1. The summed E-state index contributed by atoms with van der Waals surface area (Å²) in [5.41, 5.74) is 1.13. The predicted octanol–water partition coefficient (Wildman–Crippen LogP) is 3.14. The van der Waals surface area contributed by atoms with Gasteiger partial charge in [0.2, 0.25) is 12.1 Å². The normalized spacial score (nSPS) is 10.6. The Labute approximate surface area is 124 Å². The van der Waals surface area contributed by atoms with E-state index in [1.807, 2.05) is 35.2 Å². The van der Waals surface area contributed by atoms with E-state index in [-0.39, 0.29) is 5.82 Å². The van der Waals surface area contributed by atoms with Crippen LogP contribution in [-0.4, -0.2) is 21.0 Å². The number of hydrogen-bond donors (Lipinski definition) is 0. The molecular formula is C15H20N4O2. The van der Waals surface area contributed by atoms with Crippen molar-refractivity contribution in [1.82, 2.24) is 9.55 Å². The van der Waals surface area contributed by atoms with Crippen LogP contribution >= 0.6 is 0 Å². The number of hydrogen-bond acceptors (Lipinski definition) is 4. The number of benzene rings is 1. The predicted molar refractivity (Wildman–Crippen MR) is 82.3 cm³/mol. The van der Waals surface area contributed by atoms with Gasteiger partial charge in [-0.2, -0.15) is 0 Å². The molecule has 0 fully saturated rings. The number of aromatic nitrogens is 2. The highest BCUT2D eigenvalue weighted by molar-refractivity contribution is 5.54. The molecule has 112 valence electrons. The van der Waals surface area contributed by atoms with Crippen LogP contribution in [0.15, 0.2) is 36.7 Å². The lowest BCUT2D eigenvalue weighted by molar-refractivity contribution is -0.388. The van der Waals surface area contributed by atoms with Crippen molar-refractivity contribution >= 4 is 11.6 Å². The van der Waals surface area contributed by atoms with Gasteiger partial charge in [0.1, 0.15) is 0 Å². The van der Waals surface area contributed by atoms with Crippen molar-refractivity contribution in [2.75, 3.05) is 11.4 Å². The summed E-state index contributed by atoms with van der Waals surface area (Å²) in [4.78, 5) is 16.7. The second kappa shape index (κ2) is 6.88. The molecule has 1 aromatic heterocycles. The molecule has 0 N–H and O–H groups in total. The molecule has 6 nitrogen and oxygen atoms in total. The molecule has 6 heteroatoms. The summed E-state index contributed by atoms with van der Waals surface area (Å²) in [5, 5.41) is 11.2. The summed E-state index contributed by atoms with van der Waals surface area (Å²) < 4.78 is 1.72. The highest BCUT2D eigenvalue weighted by Crippen LogP contribution is 2.27. The minimum Gasteiger partial charge on any atom is -0.358 e. The van der Waals surface area contributed by atoms with Crippen molar-refractivity contribution in [1.29, 1.82) is 0 Å². The Morgan fingerprint density at radius 3 is 2.67 bits per heavy atom. The number of unbranched alkanes of at least 4 members (excludes halogenated alkanes) is 1. The summed E-state index contributed by atoms with van der Waals surface area (Å²) >= 11 is 0. The second-order valence-corrected chi connectivity index (χ2v) is 5.02. The van der Waals surface area contributed by atoms with Gasteiger partial charge in [0.15, 0.2) is 0 Å². The van der Waals surface area contributed by atoms with Gasteiger partial charge < -0.3 is 15.0 Å². The Bertz CT molecular complexity index is 595. The molecule has 0 radical (unpaired) electrons. The Balaban J connectivity index is 2.31. The molecule has 1 heterocycles. The number of rotatable bonds is 7. The minimum atomic E-state index is -0.417. The van der Waals surface area contributed by atoms with E-state index in [1.54, 1.807) is 11.6 Å². The maximum atomic E-state index is 11.2. The van der Waals surface area contributed by atoms with Crippen molar-refractivity contribution in [3.05, 3.63) is 52.3 Å². The van der Waals surface area contributed by atoms with Crippen LogP contribution in [0.2, 0.25) is 0 Å². The molecular weight excluding hydrogens is 268 g/mol. The quantitative estimate of drug-likeness (QED) is 0.580. The van der Waals surface area contributed by atoms with E-state index in [4.69, 9.17) is 0 Å². The van der Waals surface area contributed by atoms with Crippen molar-refractivity contribution in [2.45, 2.75) is 26.3 Å². The Kier molecular flexibility index (Phi) is 4.92. The molecule has 0 unspecified atom stereocenters. The monoisotopic (exact) mass is 288 g/mol. The van der Waals surface area contributed by atoms with Gasteiger partial charge in [-0.1, -0.05) is 43.7 Å². The zero-order valence-corrected chi connectivity index (χ0v) is 12.4. The van der Waals surface area contributed by atoms with Gasteiger partial charge in [-0.25, -0.2) is 0 Å². The summed E-state index contributed by atoms with van der Waals surface area (Å²) in [6.07, 6.45) is 3.52. The maximum absolute atomic E-state index is 11.2. The Hall–Kier alpha value is -2.37. The van der Waals surface area contributed by atoms with Gasteiger partial charge in [0, 0.05) is 20.1 Å². The molecule has 0 saturated carbocycles. The van der Waals surface area contributed by atoms with Gasteiger partial charge in [0.25, 0.3) is 0 Å². The molecule has 2 rings (SSSR count). The first kappa shape index (κ1) is 15.0. The lowest BCUT2D eigenvalue weighted by Gasteiger charge is -2.23. The summed E-state index contributed by atoms with van der Waals surface area (Å²) in [7, 11) is 1.79. The van der Waals surface area contributed by atoms with Gasteiger partial charge in [-0.3, -0.25) is 4.57 Å². The van der Waals surface area contributed by atoms with E-state index in [9.17, 15) is 10.1 Å². The maximum Gasteiger partial charge on any atom is 0.406 e. The third-order valence-corrected chi connectivity index (χ3v) is 3.36. The highest BCUT2D eigenvalue weighted by atomic mass is 16.6. The van der Waals surface area contributed by atoms with E-state index in [0.717, 1.165) is 24.9 Å². The molecule has 0 aliphatic heterocycles. The van der Waals surface area contributed by atoms with Crippen LogP contribution in [0.3, 0.4) is 0 Å². The number of imidazole rings is 1. The SMILES string of the molecule is CCCCN(Cc1ccccc1)c1c([N+](=O)[O-])ncn1C. The van der Waals surface area contributed by atoms with Crippen LogP contribution in [0.5, 0.6) is 0 Å². The van der Waals surface area contributed by atoms with E-state index >= 15 is 0 Å². The molecule has 0 saturated heterocycles. The molecule has 0 amide bonds. The van der Waals surface area contributed by atoms with Crippen molar-refractivity contribution in [3.63, 3.8) is 0 Å².